The molecule has 0 radical (unpaired) electrons. The minimum Gasteiger partial charge on any atom is -0.331 e. The smallest absolute Gasteiger partial charge is 0.256 e. The topological polar surface area (TPSA) is 56.0 Å². The van der Waals surface area contributed by atoms with Gasteiger partial charge >= 0.3 is 0 Å². The van der Waals surface area contributed by atoms with Crippen LogP contribution >= 0.6 is 11.6 Å². The summed E-state index contributed by atoms with van der Waals surface area (Å²) in [6.07, 6.45) is 7.58. The molecule has 0 fully saturated rings. The Labute approximate surface area is 215 Å². The number of para-hydroxylation sites is 1. The molecule has 2 aromatic carbocycles. The van der Waals surface area contributed by atoms with Gasteiger partial charge in [0.2, 0.25) is 0 Å². The molecule has 0 aliphatic rings. The second kappa shape index (κ2) is 10.8. The first-order valence-electron chi connectivity index (χ1n) is 12.2. The summed E-state index contributed by atoms with van der Waals surface area (Å²) in [5, 5.41) is 0.688. The van der Waals surface area contributed by atoms with Crippen LogP contribution in [0.15, 0.2) is 91.4 Å². The van der Waals surface area contributed by atoms with Crippen LogP contribution < -0.4 is 0 Å². The zero-order valence-corrected chi connectivity index (χ0v) is 21.0. The number of carbonyl (C=O) groups is 1. The molecular formula is C29H28ClN5O. The summed E-state index contributed by atoms with van der Waals surface area (Å²) in [7, 11) is 0. The van der Waals surface area contributed by atoms with Gasteiger partial charge in [-0.25, -0.2) is 9.97 Å². The van der Waals surface area contributed by atoms with Gasteiger partial charge in [-0.1, -0.05) is 49.2 Å². The molecule has 0 aliphatic carbocycles. The second-order valence-corrected chi connectivity index (χ2v) is 9.21. The van der Waals surface area contributed by atoms with Crippen LogP contribution in [0, 0.1) is 0 Å². The minimum absolute atomic E-state index is 0.0120. The summed E-state index contributed by atoms with van der Waals surface area (Å²) >= 11 is 6.26. The average molecular weight is 498 g/mol. The molecule has 0 spiro atoms. The van der Waals surface area contributed by atoms with E-state index in [0.717, 1.165) is 41.1 Å². The average Bonchev–Trinajstić information content (AvgIpc) is 3.55. The van der Waals surface area contributed by atoms with Crippen LogP contribution in [0.3, 0.4) is 0 Å². The lowest BCUT2D eigenvalue weighted by molar-refractivity contribution is 0.0735. The van der Waals surface area contributed by atoms with Crippen molar-refractivity contribution in [1.29, 1.82) is 0 Å². The van der Waals surface area contributed by atoms with E-state index in [9.17, 15) is 4.79 Å². The number of amides is 1. The van der Waals surface area contributed by atoms with E-state index in [1.165, 1.54) is 0 Å². The van der Waals surface area contributed by atoms with Crippen molar-refractivity contribution >= 4 is 28.7 Å². The van der Waals surface area contributed by atoms with Crippen molar-refractivity contribution in [2.24, 2.45) is 0 Å². The Morgan fingerprint density at radius 3 is 2.64 bits per heavy atom. The van der Waals surface area contributed by atoms with E-state index in [0.29, 0.717) is 30.2 Å². The van der Waals surface area contributed by atoms with Gasteiger partial charge in [0.25, 0.3) is 5.91 Å². The lowest BCUT2D eigenvalue weighted by Gasteiger charge is -2.24. The number of pyridine rings is 1. The molecule has 0 saturated heterocycles. The molecule has 1 amide bonds. The van der Waals surface area contributed by atoms with Crippen LogP contribution in [-0.4, -0.2) is 36.5 Å². The van der Waals surface area contributed by atoms with E-state index in [1.807, 2.05) is 94.7 Å². The molecule has 182 valence electrons. The number of halogens is 1. The summed E-state index contributed by atoms with van der Waals surface area (Å²) in [6.45, 7) is 3.73. The Bertz CT molecular complexity index is 1470. The van der Waals surface area contributed by atoms with Gasteiger partial charge in [0.1, 0.15) is 11.3 Å². The third-order valence-electron chi connectivity index (χ3n) is 6.23. The first-order valence-corrected chi connectivity index (χ1v) is 12.6. The Morgan fingerprint density at radius 1 is 1.00 bits per heavy atom. The van der Waals surface area contributed by atoms with Gasteiger partial charge in [-0.05, 0) is 60.5 Å². The maximum Gasteiger partial charge on any atom is 0.256 e. The van der Waals surface area contributed by atoms with E-state index >= 15 is 0 Å². The number of rotatable bonds is 9. The molecule has 3 aromatic heterocycles. The Balaban J connectivity index is 1.52. The lowest BCUT2D eigenvalue weighted by Crippen LogP contribution is -2.33. The number of carbonyl (C=O) groups excluding carboxylic acids is 1. The Hall–Kier alpha value is -3.90. The van der Waals surface area contributed by atoms with Crippen molar-refractivity contribution in [3.05, 3.63) is 113 Å². The van der Waals surface area contributed by atoms with Crippen molar-refractivity contribution in [3.8, 4) is 5.69 Å². The SMILES string of the molecule is CCCCN(Cc1nc2cccnc2n1Cc1cccc(Cl)c1)C(=O)c1ccccc1-n1cccc1. The maximum absolute atomic E-state index is 13.9. The van der Waals surface area contributed by atoms with E-state index in [-0.39, 0.29) is 5.91 Å². The van der Waals surface area contributed by atoms with Gasteiger partial charge in [-0.15, -0.1) is 0 Å². The van der Waals surface area contributed by atoms with E-state index in [1.54, 1.807) is 6.20 Å². The molecule has 6 nitrogen and oxygen atoms in total. The molecule has 0 N–H and O–H groups in total. The number of fused-ring (bicyclic) bond motifs is 1. The van der Waals surface area contributed by atoms with Gasteiger partial charge in [-0.2, -0.15) is 0 Å². The summed E-state index contributed by atoms with van der Waals surface area (Å²) < 4.78 is 4.06. The fourth-order valence-corrected chi connectivity index (χ4v) is 4.64. The highest BCUT2D eigenvalue weighted by molar-refractivity contribution is 6.30. The van der Waals surface area contributed by atoms with Gasteiger partial charge in [0.15, 0.2) is 5.65 Å². The molecule has 0 saturated carbocycles. The number of imidazole rings is 1. The zero-order valence-electron chi connectivity index (χ0n) is 20.2. The van der Waals surface area contributed by atoms with Gasteiger partial charge in [-0.3, -0.25) is 4.79 Å². The van der Waals surface area contributed by atoms with Gasteiger partial charge < -0.3 is 14.0 Å². The zero-order chi connectivity index (χ0) is 24.9. The molecular weight excluding hydrogens is 470 g/mol. The lowest BCUT2D eigenvalue weighted by atomic mass is 10.1. The number of hydrogen-bond acceptors (Lipinski definition) is 3. The molecule has 0 bridgehead atoms. The standard InChI is InChI=1S/C29H28ClN5O/c1-2-3-16-34(29(36)24-12-4-5-14-26(24)33-17-6-7-18-33)21-27-32-25-13-9-15-31-28(25)35(27)20-22-10-8-11-23(30)19-22/h4-15,17-19H,2-3,16,20-21H2,1H3. The molecule has 3 heterocycles. The van der Waals surface area contributed by atoms with Gasteiger partial charge in [0, 0.05) is 30.2 Å². The highest BCUT2D eigenvalue weighted by atomic mass is 35.5. The van der Waals surface area contributed by atoms with E-state index in [2.05, 4.69) is 16.5 Å². The maximum atomic E-state index is 13.9. The molecule has 7 heteroatoms. The van der Waals surface area contributed by atoms with E-state index < -0.39 is 0 Å². The van der Waals surface area contributed by atoms with Crippen molar-refractivity contribution in [3.63, 3.8) is 0 Å². The minimum atomic E-state index is -0.0120. The molecule has 0 aliphatic heterocycles. The van der Waals surface area contributed by atoms with Crippen molar-refractivity contribution in [1.82, 2.24) is 24.0 Å². The van der Waals surface area contributed by atoms with E-state index in [4.69, 9.17) is 16.6 Å². The number of aromatic nitrogens is 4. The molecule has 36 heavy (non-hydrogen) atoms. The summed E-state index contributed by atoms with van der Waals surface area (Å²) in [6, 6.07) is 23.3. The Morgan fingerprint density at radius 2 is 1.83 bits per heavy atom. The summed E-state index contributed by atoms with van der Waals surface area (Å²) in [4.78, 5) is 25.3. The van der Waals surface area contributed by atoms with Crippen LogP contribution in [0.5, 0.6) is 0 Å². The third-order valence-corrected chi connectivity index (χ3v) is 6.47. The van der Waals surface area contributed by atoms with Gasteiger partial charge in [0.05, 0.1) is 24.3 Å². The van der Waals surface area contributed by atoms with Crippen molar-refractivity contribution < 1.29 is 4.79 Å². The monoisotopic (exact) mass is 497 g/mol. The third kappa shape index (κ3) is 5.04. The van der Waals surface area contributed by atoms with Crippen molar-refractivity contribution in [2.45, 2.75) is 32.9 Å². The summed E-state index contributed by atoms with van der Waals surface area (Å²) in [5.74, 6) is 0.786. The fourth-order valence-electron chi connectivity index (χ4n) is 4.43. The predicted molar refractivity (Wildman–Crippen MR) is 143 cm³/mol. The Kier molecular flexibility index (Phi) is 7.14. The molecule has 0 atom stereocenters. The van der Waals surface area contributed by atoms with Crippen molar-refractivity contribution in [2.75, 3.05) is 6.54 Å². The number of hydrogen-bond donors (Lipinski definition) is 0. The quantitative estimate of drug-likeness (QED) is 0.238. The van der Waals surface area contributed by atoms with Crippen LogP contribution in [0.25, 0.3) is 16.9 Å². The summed E-state index contributed by atoms with van der Waals surface area (Å²) in [5.41, 5.74) is 4.19. The number of benzene rings is 2. The first-order chi connectivity index (χ1) is 17.6. The predicted octanol–water partition coefficient (Wildman–Crippen LogP) is 6.37. The molecule has 5 rings (SSSR count). The molecule has 0 unspecified atom stereocenters. The fraction of sp³-hybridized carbons (Fsp3) is 0.207. The normalized spacial score (nSPS) is 11.2. The first kappa shape index (κ1) is 23.8. The van der Waals surface area contributed by atoms with Crippen LogP contribution in [0.4, 0.5) is 0 Å². The highest BCUT2D eigenvalue weighted by Gasteiger charge is 2.22. The van der Waals surface area contributed by atoms with Crippen LogP contribution in [-0.2, 0) is 13.1 Å². The van der Waals surface area contributed by atoms with Crippen LogP contribution in [0.2, 0.25) is 5.02 Å². The second-order valence-electron chi connectivity index (χ2n) is 8.78. The number of unbranched alkanes of at least 4 members (excludes halogenated alkanes) is 1. The highest BCUT2D eigenvalue weighted by Crippen LogP contribution is 2.22. The largest absolute Gasteiger partial charge is 0.331 e. The van der Waals surface area contributed by atoms with Crippen LogP contribution in [0.1, 0.15) is 41.5 Å². The number of nitrogens with zero attached hydrogens (tertiary/aromatic N) is 5. The molecule has 5 aromatic rings.